The van der Waals surface area contributed by atoms with Gasteiger partial charge in [-0.05, 0) is 50.6 Å². The normalized spacial score (nSPS) is 21.5. The Kier molecular flexibility index (Phi) is 4.82. The van der Waals surface area contributed by atoms with E-state index in [1.165, 1.54) is 5.56 Å². The van der Waals surface area contributed by atoms with E-state index in [4.69, 9.17) is 12.2 Å². The summed E-state index contributed by atoms with van der Waals surface area (Å²) in [6.07, 6.45) is 0. The fourth-order valence-corrected chi connectivity index (χ4v) is 6.10. The molecule has 1 atom stereocenters. The lowest BCUT2D eigenvalue weighted by molar-refractivity contribution is -0.125. The van der Waals surface area contributed by atoms with Crippen molar-refractivity contribution in [3.8, 4) is 0 Å². The van der Waals surface area contributed by atoms with Crippen LogP contribution in [0, 0.1) is 5.41 Å². The molecule has 4 nitrogen and oxygen atoms in total. The first-order chi connectivity index (χ1) is 15.4. The quantitative estimate of drug-likeness (QED) is 0.490. The number of carbonyl (C=O) groups excluding carboxylic acids is 1. The number of rotatable bonds is 4. The number of fused-ring (bicyclic) bond motifs is 1. The smallest absolute Gasteiger partial charge is 0.242 e. The lowest BCUT2D eigenvalue weighted by Crippen LogP contribution is -2.67. The van der Waals surface area contributed by atoms with E-state index in [1.807, 2.05) is 50.2 Å². The van der Waals surface area contributed by atoms with Crippen LogP contribution in [0.2, 0.25) is 0 Å². The van der Waals surface area contributed by atoms with Crippen LogP contribution in [0.5, 0.6) is 0 Å². The molecule has 5 rings (SSSR count). The van der Waals surface area contributed by atoms with Gasteiger partial charge in [0.1, 0.15) is 4.99 Å². The molecule has 1 unspecified atom stereocenters. The van der Waals surface area contributed by atoms with Crippen molar-refractivity contribution in [2.24, 2.45) is 5.41 Å². The molecule has 162 valence electrons. The molecule has 1 fully saturated rings. The molecule has 32 heavy (non-hydrogen) atoms. The highest BCUT2D eigenvalue weighted by Gasteiger charge is 2.70. The van der Waals surface area contributed by atoms with Gasteiger partial charge in [0.05, 0.1) is 16.8 Å². The van der Waals surface area contributed by atoms with Crippen molar-refractivity contribution >= 4 is 40.2 Å². The minimum Gasteiger partial charge on any atom is -0.341 e. The second-order valence-electron chi connectivity index (χ2n) is 8.88. The Morgan fingerprint density at radius 1 is 0.781 bits per heavy atom. The average molecular weight is 442 g/mol. The Balaban J connectivity index is 1.75. The third-order valence-electron chi connectivity index (χ3n) is 6.87. The van der Waals surface area contributed by atoms with Crippen LogP contribution < -0.4 is 14.7 Å². The zero-order valence-corrected chi connectivity index (χ0v) is 19.5. The van der Waals surface area contributed by atoms with Crippen molar-refractivity contribution in [2.75, 3.05) is 21.2 Å². The van der Waals surface area contributed by atoms with Crippen molar-refractivity contribution in [2.45, 2.75) is 33.0 Å². The van der Waals surface area contributed by atoms with Crippen LogP contribution >= 0.6 is 12.2 Å². The third kappa shape index (κ3) is 2.61. The van der Waals surface area contributed by atoms with E-state index in [2.05, 4.69) is 65.3 Å². The fraction of sp³-hybridized carbons (Fsp3) is 0.259. The Morgan fingerprint density at radius 2 is 1.31 bits per heavy atom. The topological polar surface area (TPSA) is 26.8 Å². The Bertz CT molecular complexity index is 1180. The zero-order chi connectivity index (χ0) is 22.5. The fourth-order valence-electron chi connectivity index (χ4n) is 5.44. The summed E-state index contributed by atoms with van der Waals surface area (Å²) in [5.74, 6) is 0.0259. The molecule has 0 radical (unpaired) electrons. The van der Waals surface area contributed by atoms with Gasteiger partial charge in [-0.3, -0.25) is 9.69 Å². The summed E-state index contributed by atoms with van der Waals surface area (Å²) in [5.41, 5.74) is 2.66. The molecule has 0 aliphatic carbocycles. The van der Waals surface area contributed by atoms with E-state index < -0.39 is 11.1 Å². The highest BCUT2D eigenvalue weighted by Crippen LogP contribution is 2.58. The van der Waals surface area contributed by atoms with Gasteiger partial charge in [-0.1, -0.05) is 72.9 Å². The molecule has 3 aromatic rings. The summed E-state index contributed by atoms with van der Waals surface area (Å²) in [7, 11) is 0. The van der Waals surface area contributed by atoms with Gasteiger partial charge in [-0.15, -0.1) is 0 Å². The molecule has 0 N–H and O–H groups in total. The van der Waals surface area contributed by atoms with Crippen molar-refractivity contribution < 1.29 is 4.79 Å². The van der Waals surface area contributed by atoms with Crippen LogP contribution in [-0.4, -0.2) is 23.1 Å². The van der Waals surface area contributed by atoms with Crippen LogP contribution in [0.4, 0.5) is 17.1 Å². The molecule has 3 aromatic carbocycles. The number of thiocarbonyl (C=S) groups is 1. The van der Waals surface area contributed by atoms with Crippen molar-refractivity contribution in [1.82, 2.24) is 0 Å². The highest BCUT2D eigenvalue weighted by atomic mass is 32.1. The first-order valence-corrected chi connectivity index (χ1v) is 11.5. The van der Waals surface area contributed by atoms with E-state index in [0.29, 0.717) is 11.5 Å². The zero-order valence-electron chi connectivity index (χ0n) is 18.7. The number of anilines is 3. The van der Waals surface area contributed by atoms with Crippen LogP contribution in [0.3, 0.4) is 0 Å². The minimum absolute atomic E-state index is 0.0259. The Morgan fingerprint density at radius 3 is 1.91 bits per heavy atom. The minimum atomic E-state index is -0.788. The molecule has 1 spiro atoms. The van der Waals surface area contributed by atoms with Gasteiger partial charge in [0.15, 0.2) is 5.66 Å². The SMILES string of the molecule is CCN1c2ccccc2N(Cc2ccccc2)C12C(=S)N(c1ccccc1)C(=O)C2(C)C. The molecule has 2 heterocycles. The monoisotopic (exact) mass is 441 g/mol. The predicted molar refractivity (Wildman–Crippen MR) is 135 cm³/mol. The molecule has 2 aliphatic rings. The lowest BCUT2D eigenvalue weighted by Gasteiger charge is -2.49. The number of amides is 1. The van der Waals surface area contributed by atoms with Gasteiger partial charge in [-0.25, -0.2) is 0 Å². The first-order valence-electron chi connectivity index (χ1n) is 11.1. The van der Waals surface area contributed by atoms with Crippen LogP contribution in [-0.2, 0) is 11.3 Å². The van der Waals surface area contributed by atoms with Gasteiger partial charge in [0, 0.05) is 18.8 Å². The second kappa shape index (κ2) is 7.45. The van der Waals surface area contributed by atoms with Crippen molar-refractivity contribution in [3.63, 3.8) is 0 Å². The van der Waals surface area contributed by atoms with Gasteiger partial charge in [0.25, 0.3) is 0 Å². The summed E-state index contributed by atoms with van der Waals surface area (Å²) >= 11 is 6.23. The largest absolute Gasteiger partial charge is 0.341 e. The number of nitrogens with zero attached hydrogens (tertiary/aromatic N) is 3. The maximum Gasteiger partial charge on any atom is 0.242 e. The molecule has 0 saturated carbocycles. The summed E-state index contributed by atoms with van der Waals surface area (Å²) in [4.78, 5) is 21.1. The predicted octanol–water partition coefficient (Wildman–Crippen LogP) is 5.63. The van der Waals surface area contributed by atoms with E-state index in [1.54, 1.807) is 4.90 Å². The van der Waals surface area contributed by atoms with Crippen LogP contribution in [0.15, 0.2) is 84.9 Å². The van der Waals surface area contributed by atoms with Crippen LogP contribution in [0.1, 0.15) is 26.3 Å². The maximum absolute atomic E-state index is 14.0. The van der Waals surface area contributed by atoms with Gasteiger partial charge < -0.3 is 9.80 Å². The molecule has 0 aromatic heterocycles. The van der Waals surface area contributed by atoms with Crippen molar-refractivity contribution in [3.05, 3.63) is 90.5 Å². The summed E-state index contributed by atoms with van der Waals surface area (Å²) in [6, 6.07) is 28.6. The van der Waals surface area contributed by atoms with Gasteiger partial charge >= 0.3 is 0 Å². The van der Waals surface area contributed by atoms with E-state index >= 15 is 0 Å². The van der Waals surface area contributed by atoms with Gasteiger partial charge in [0.2, 0.25) is 5.91 Å². The standard InChI is InChI=1S/C27H27N3OS/c1-4-28-22-17-11-12-18-23(22)29(19-20-13-7-5-8-14-20)27(28)25(32)30(24(31)26(27,2)3)21-15-9-6-10-16-21/h5-18H,4,19H2,1-3H3. The first kappa shape index (κ1) is 20.7. The summed E-state index contributed by atoms with van der Waals surface area (Å²) < 4.78 is 0. The number of benzene rings is 3. The molecule has 0 bridgehead atoms. The second-order valence-corrected chi connectivity index (χ2v) is 9.27. The lowest BCUT2D eigenvalue weighted by atomic mass is 9.78. The highest BCUT2D eigenvalue weighted by molar-refractivity contribution is 7.81. The molecule has 5 heteroatoms. The average Bonchev–Trinajstić information content (AvgIpc) is 3.18. The number of carbonyl (C=O) groups is 1. The molecule has 1 saturated heterocycles. The molecule has 2 aliphatic heterocycles. The third-order valence-corrected chi connectivity index (χ3v) is 7.34. The molecule has 1 amide bonds. The molecular formula is C27H27N3OS. The molecular weight excluding hydrogens is 414 g/mol. The van der Waals surface area contributed by atoms with E-state index in [-0.39, 0.29) is 5.91 Å². The number of likely N-dealkylation sites (N-methyl/N-ethyl adjacent to an activating group) is 1. The number of para-hydroxylation sites is 3. The Labute approximate surface area is 195 Å². The van der Waals surface area contributed by atoms with Gasteiger partial charge in [-0.2, -0.15) is 0 Å². The Hall–Kier alpha value is -3.18. The summed E-state index contributed by atoms with van der Waals surface area (Å²) in [6.45, 7) is 7.61. The van der Waals surface area contributed by atoms with Crippen molar-refractivity contribution in [1.29, 1.82) is 0 Å². The van der Waals surface area contributed by atoms with E-state index in [9.17, 15) is 4.79 Å². The number of hydrogen-bond acceptors (Lipinski definition) is 4. The van der Waals surface area contributed by atoms with Crippen LogP contribution in [0.25, 0.3) is 0 Å². The summed E-state index contributed by atoms with van der Waals surface area (Å²) in [5, 5.41) is 0. The number of hydrogen-bond donors (Lipinski definition) is 0. The maximum atomic E-state index is 14.0. The van der Waals surface area contributed by atoms with E-state index in [0.717, 1.165) is 23.6 Å².